The van der Waals surface area contributed by atoms with E-state index < -0.39 is 7.14 Å². The van der Waals surface area contributed by atoms with Crippen molar-refractivity contribution in [1.82, 2.24) is 9.97 Å². The van der Waals surface area contributed by atoms with Gasteiger partial charge in [0.05, 0.1) is 22.8 Å². The van der Waals surface area contributed by atoms with Crippen LogP contribution in [0.3, 0.4) is 0 Å². The van der Waals surface area contributed by atoms with Gasteiger partial charge in [0.1, 0.15) is 7.14 Å². The molecule has 0 saturated heterocycles. The van der Waals surface area contributed by atoms with Gasteiger partial charge in [0.2, 0.25) is 0 Å². The summed E-state index contributed by atoms with van der Waals surface area (Å²) in [5.41, 5.74) is 14.4. The Labute approximate surface area is 292 Å². The molecule has 0 atom stereocenters. The third kappa shape index (κ3) is 5.10. The first kappa shape index (κ1) is 30.2. The van der Waals surface area contributed by atoms with Gasteiger partial charge in [0.15, 0.2) is 0 Å². The Balaban J connectivity index is 1.29. The molecule has 3 nitrogen and oxygen atoms in total. The van der Waals surface area contributed by atoms with Crippen molar-refractivity contribution in [3.8, 4) is 78.4 Å². The monoisotopic (exact) mass is 660 g/mol. The predicted molar refractivity (Wildman–Crippen MR) is 210 cm³/mol. The molecule has 4 heteroatoms. The van der Waals surface area contributed by atoms with Gasteiger partial charge in [-0.15, -0.1) is 0 Å². The Morgan fingerprint density at radius 1 is 0.380 bits per heavy atom. The SMILES string of the molecule is CP(C)(=O)c1cccc(-c2nc(-c3ccccc3)c(-c3ccccc3)nc2-c2cccc(-c3ccc4c5c(cccc35)-c3ccccc3-4)c2)c1. The Morgan fingerprint density at radius 2 is 0.820 bits per heavy atom. The van der Waals surface area contributed by atoms with Gasteiger partial charge in [-0.2, -0.15) is 0 Å². The normalized spacial score (nSPS) is 11.9. The second kappa shape index (κ2) is 11.9. The molecule has 0 amide bonds. The van der Waals surface area contributed by atoms with Crippen LogP contribution in [0.5, 0.6) is 0 Å². The predicted octanol–water partition coefficient (Wildman–Crippen LogP) is 11.9. The van der Waals surface area contributed by atoms with Crippen LogP contribution >= 0.6 is 7.14 Å². The zero-order chi connectivity index (χ0) is 33.8. The fourth-order valence-electron chi connectivity index (χ4n) is 7.31. The molecule has 9 rings (SSSR count). The van der Waals surface area contributed by atoms with Crippen molar-refractivity contribution in [2.75, 3.05) is 13.3 Å². The molecule has 0 aliphatic heterocycles. The van der Waals surface area contributed by atoms with Crippen molar-refractivity contribution >= 4 is 23.2 Å². The highest BCUT2D eigenvalue weighted by Gasteiger charge is 2.24. The third-order valence-electron chi connectivity index (χ3n) is 9.73. The highest BCUT2D eigenvalue weighted by Crippen LogP contribution is 2.49. The van der Waals surface area contributed by atoms with Crippen LogP contribution in [0.4, 0.5) is 0 Å². The lowest BCUT2D eigenvalue weighted by atomic mass is 9.92. The van der Waals surface area contributed by atoms with Crippen LogP contribution in [-0.2, 0) is 4.57 Å². The van der Waals surface area contributed by atoms with Crippen LogP contribution in [-0.4, -0.2) is 23.3 Å². The highest BCUT2D eigenvalue weighted by atomic mass is 31.2. The van der Waals surface area contributed by atoms with Crippen LogP contribution in [0.25, 0.3) is 89.2 Å². The van der Waals surface area contributed by atoms with Crippen LogP contribution in [0.2, 0.25) is 0 Å². The summed E-state index contributed by atoms with van der Waals surface area (Å²) in [6.45, 7) is 3.62. The van der Waals surface area contributed by atoms with Gasteiger partial charge in [0.25, 0.3) is 0 Å². The topological polar surface area (TPSA) is 42.9 Å². The lowest BCUT2D eigenvalue weighted by molar-refractivity contribution is 0.588. The van der Waals surface area contributed by atoms with Crippen molar-refractivity contribution in [3.63, 3.8) is 0 Å². The average molecular weight is 661 g/mol. The van der Waals surface area contributed by atoms with E-state index in [1.54, 1.807) is 0 Å². The van der Waals surface area contributed by atoms with E-state index in [1.165, 1.54) is 38.6 Å². The Kier molecular flexibility index (Phi) is 7.19. The summed E-state index contributed by atoms with van der Waals surface area (Å²) in [5.74, 6) is 0. The second-order valence-corrected chi connectivity index (χ2v) is 16.5. The molecule has 0 radical (unpaired) electrons. The number of aromatic nitrogens is 2. The van der Waals surface area contributed by atoms with Gasteiger partial charge in [-0.05, 0) is 69.6 Å². The van der Waals surface area contributed by atoms with E-state index in [0.29, 0.717) is 0 Å². The molecular weight excluding hydrogens is 627 g/mol. The van der Waals surface area contributed by atoms with Gasteiger partial charge >= 0.3 is 0 Å². The summed E-state index contributed by atoms with van der Waals surface area (Å²) in [7, 11) is -2.52. The molecule has 8 aromatic rings. The van der Waals surface area contributed by atoms with Gasteiger partial charge in [-0.3, -0.25) is 0 Å². The standard InChI is InChI=1S/C46H33N2OP/c1-50(2,49)35-21-12-20-34(29-35)46-45(47-43(30-14-5-3-6-15-30)44(48-46)31-16-7-4-8-17-31)33-19-11-18-32(28-33)36-26-27-41-38-23-10-9-22-37(38)40-25-13-24-39(36)42(40)41/h3-29H,1-2H3. The molecule has 0 fully saturated rings. The molecular formula is C46H33N2OP. The molecule has 1 aliphatic carbocycles. The molecule has 50 heavy (non-hydrogen) atoms. The first-order valence-electron chi connectivity index (χ1n) is 16.9. The van der Waals surface area contributed by atoms with E-state index in [0.717, 1.165) is 55.9 Å². The van der Waals surface area contributed by atoms with Gasteiger partial charge < -0.3 is 4.57 Å². The van der Waals surface area contributed by atoms with Crippen molar-refractivity contribution in [2.45, 2.75) is 0 Å². The highest BCUT2D eigenvalue weighted by molar-refractivity contribution is 7.70. The maximum absolute atomic E-state index is 13.3. The summed E-state index contributed by atoms with van der Waals surface area (Å²) >= 11 is 0. The molecule has 1 aliphatic rings. The molecule has 7 aromatic carbocycles. The smallest absolute Gasteiger partial charge is 0.109 e. The number of rotatable bonds is 6. The number of fused-ring (bicyclic) bond motifs is 3. The Bertz CT molecular complexity index is 2610. The summed E-state index contributed by atoms with van der Waals surface area (Å²) in [5, 5.41) is 3.35. The molecule has 0 N–H and O–H groups in total. The average Bonchev–Trinajstić information content (AvgIpc) is 3.50. The van der Waals surface area contributed by atoms with Gasteiger partial charge in [-0.25, -0.2) is 9.97 Å². The van der Waals surface area contributed by atoms with Crippen molar-refractivity contribution in [2.24, 2.45) is 0 Å². The van der Waals surface area contributed by atoms with E-state index in [1.807, 2.05) is 67.9 Å². The summed E-state index contributed by atoms with van der Waals surface area (Å²) in [6, 6.07) is 57.0. The van der Waals surface area contributed by atoms with E-state index in [9.17, 15) is 4.57 Å². The molecule has 0 saturated carbocycles. The van der Waals surface area contributed by atoms with E-state index in [4.69, 9.17) is 9.97 Å². The minimum atomic E-state index is -2.52. The fourth-order valence-corrected chi connectivity index (χ4v) is 8.21. The van der Waals surface area contributed by atoms with Crippen LogP contribution in [0, 0.1) is 0 Å². The molecule has 1 heterocycles. The lowest BCUT2D eigenvalue weighted by Crippen LogP contribution is -2.05. The first-order valence-corrected chi connectivity index (χ1v) is 19.5. The largest absolute Gasteiger partial charge is 0.319 e. The zero-order valence-electron chi connectivity index (χ0n) is 27.8. The number of hydrogen-bond donors (Lipinski definition) is 0. The van der Waals surface area contributed by atoms with Crippen LogP contribution < -0.4 is 5.30 Å². The number of benzene rings is 7. The quantitative estimate of drug-likeness (QED) is 0.167. The summed E-state index contributed by atoms with van der Waals surface area (Å²) in [4.78, 5) is 10.9. The molecule has 1 aromatic heterocycles. The second-order valence-electron chi connectivity index (χ2n) is 13.3. The van der Waals surface area contributed by atoms with Crippen molar-refractivity contribution in [3.05, 3.63) is 164 Å². The van der Waals surface area contributed by atoms with Crippen LogP contribution in [0.1, 0.15) is 0 Å². The zero-order valence-corrected chi connectivity index (χ0v) is 28.7. The molecule has 238 valence electrons. The van der Waals surface area contributed by atoms with Crippen molar-refractivity contribution < 1.29 is 4.57 Å². The maximum atomic E-state index is 13.3. The Hall–Kier alpha value is -5.89. The minimum absolute atomic E-state index is 0.756. The summed E-state index contributed by atoms with van der Waals surface area (Å²) in [6.07, 6.45) is 0. The lowest BCUT2D eigenvalue weighted by Gasteiger charge is -2.17. The Morgan fingerprint density at radius 3 is 1.44 bits per heavy atom. The first-order chi connectivity index (χ1) is 24.4. The molecule has 0 unspecified atom stereocenters. The third-order valence-corrected chi connectivity index (χ3v) is 11.2. The van der Waals surface area contributed by atoms with Crippen molar-refractivity contribution in [1.29, 1.82) is 0 Å². The van der Waals surface area contributed by atoms with E-state index >= 15 is 0 Å². The number of hydrogen-bond acceptors (Lipinski definition) is 3. The van der Waals surface area contributed by atoms with Crippen LogP contribution in [0.15, 0.2) is 164 Å². The van der Waals surface area contributed by atoms with Gasteiger partial charge in [0, 0.05) is 27.6 Å². The molecule has 0 bridgehead atoms. The van der Waals surface area contributed by atoms with Gasteiger partial charge in [-0.1, -0.05) is 152 Å². The van der Waals surface area contributed by atoms with E-state index in [-0.39, 0.29) is 0 Å². The maximum Gasteiger partial charge on any atom is 0.109 e. The summed E-state index contributed by atoms with van der Waals surface area (Å²) < 4.78 is 13.3. The number of nitrogens with zero attached hydrogens (tertiary/aromatic N) is 2. The fraction of sp³-hybridized carbons (Fsp3) is 0.0435. The minimum Gasteiger partial charge on any atom is -0.319 e. The van der Waals surface area contributed by atoms with E-state index in [2.05, 4.69) is 109 Å². The molecule has 0 spiro atoms.